The maximum Gasteiger partial charge on any atom is 0.217 e. The van der Waals surface area contributed by atoms with Crippen molar-refractivity contribution in [1.82, 2.24) is 5.32 Å². The fraction of sp³-hybridized carbons (Fsp3) is 0.625. The molecular weight excluding hydrogens is 140 g/mol. The number of primary amides is 1. The molecule has 62 valence electrons. The van der Waals surface area contributed by atoms with Gasteiger partial charge in [0.05, 0.1) is 6.04 Å². The molecular formula is C8H14N2O. The lowest BCUT2D eigenvalue weighted by Crippen LogP contribution is -2.26. The molecule has 0 bridgehead atoms. The molecule has 1 amide bonds. The molecule has 0 aliphatic heterocycles. The van der Waals surface area contributed by atoms with Crippen molar-refractivity contribution in [3.8, 4) is 12.3 Å². The Morgan fingerprint density at radius 3 is 2.91 bits per heavy atom. The van der Waals surface area contributed by atoms with E-state index in [0.29, 0.717) is 6.42 Å². The first-order chi connectivity index (χ1) is 5.16. The minimum Gasteiger partial charge on any atom is -0.370 e. The Morgan fingerprint density at radius 1 is 1.82 bits per heavy atom. The van der Waals surface area contributed by atoms with Crippen LogP contribution in [0.2, 0.25) is 0 Å². The maximum absolute atomic E-state index is 10.3. The first kappa shape index (κ1) is 9.99. The molecule has 0 radical (unpaired) electrons. The second-order valence-corrected chi connectivity index (χ2v) is 2.41. The Kier molecular flexibility index (Phi) is 5.22. The zero-order valence-corrected chi connectivity index (χ0v) is 6.76. The van der Waals surface area contributed by atoms with Crippen LogP contribution in [-0.4, -0.2) is 18.5 Å². The topological polar surface area (TPSA) is 55.1 Å². The minimum absolute atomic E-state index is 0.0721. The van der Waals surface area contributed by atoms with Gasteiger partial charge in [-0.05, 0) is 19.9 Å². The number of terminal acetylenes is 1. The third kappa shape index (κ3) is 6.88. The van der Waals surface area contributed by atoms with Crippen molar-refractivity contribution in [3.05, 3.63) is 0 Å². The van der Waals surface area contributed by atoms with Crippen LogP contribution < -0.4 is 11.1 Å². The van der Waals surface area contributed by atoms with Crippen LogP contribution in [0.3, 0.4) is 0 Å². The molecule has 0 saturated heterocycles. The lowest BCUT2D eigenvalue weighted by Gasteiger charge is -2.05. The third-order valence-corrected chi connectivity index (χ3v) is 1.30. The van der Waals surface area contributed by atoms with Gasteiger partial charge in [0.25, 0.3) is 0 Å². The second kappa shape index (κ2) is 5.75. The third-order valence-electron chi connectivity index (χ3n) is 1.30. The average molecular weight is 154 g/mol. The van der Waals surface area contributed by atoms with Crippen LogP contribution in [-0.2, 0) is 4.79 Å². The summed E-state index contributed by atoms with van der Waals surface area (Å²) in [7, 11) is 0. The van der Waals surface area contributed by atoms with Crippen LogP contribution in [0.1, 0.15) is 19.8 Å². The number of carbonyl (C=O) groups is 1. The van der Waals surface area contributed by atoms with Crippen molar-refractivity contribution in [2.45, 2.75) is 25.8 Å². The van der Waals surface area contributed by atoms with Crippen molar-refractivity contribution >= 4 is 5.91 Å². The monoisotopic (exact) mass is 154 g/mol. The van der Waals surface area contributed by atoms with Gasteiger partial charge in [0.2, 0.25) is 5.91 Å². The van der Waals surface area contributed by atoms with Gasteiger partial charge in [-0.3, -0.25) is 4.79 Å². The van der Waals surface area contributed by atoms with Crippen molar-refractivity contribution in [2.75, 3.05) is 6.54 Å². The van der Waals surface area contributed by atoms with E-state index in [1.54, 1.807) is 0 Å². The predicted molar refractivity (Wildman–Crippen MR) is 44.7 cm³/mol. The molecule has 0 saturated carbocycles. The fourth-order valence-electron chi connectivity index (χ4n) is 0.640. The summed E-state index contributed by atoms with van der Waals surface area (Å²) in [6.07, 6.45) is 6.28. The number of amides is 1. The Labute approximate surface area is 67.3 Å². The molecule has 0 aromatic carbocycles. The second-order valence-electron chi connectivity index (χ2n) is 2.41. The van der Waals surface area contributed by atoms with Crippen LogP contribution in [0.4, 0.5) is 0 Å². The molecule has 0 aliphatic rings. The SMILES string of the molecule is C#CC(C)NCCCC(N)=O. The Hall–Kier alpha value is -1.01. The van der Waals surface area contributed by atoms with Gasteiger partial charge in [-0.2, -0.15) is 0 Å². The highest BCUT2D eigenvalue weighted by Gasteiger charge is 1.96. The number of rotatable bonds is 5. The Morgan fingerprint density at radius 2 is 2.45 bits per heavy atom. The molecule has 0 heterocycles. The van der Waals surface area contributed by atoms with Crippen molar-refractivity contribution in [2.24, 2.45) is 5.73 Å². The number of hydrogen-bond acceptors (Lipinski definition) is 2. The maximum atomic E-state index is 10.3. The summed E-state index contributed by atoms with van der Waals surface area (Å²) in [6.45, 7) is 2.64. The molecule has 0 rings (SSSR count). The lowest BCUT2D eigenvalue weighted by molar-refractivity contribution is -0.118. The zero-order chi connectivity index (χ0) is 8.69. The fourth-order valence-corrected chi connectivity index (χ4v) is 0.640. The molecule has 0 aliphatic carbocycles. The smallest absolute Gasteiger partial charge is 0.217 e. The molecule has 0 aromatic rings. The summed E-state index contributed by atoms with van der Waals surface area (Å²) < 4.78 is 0. The predicted octanol–water partition coefficient (Wildman–Crippen LogP) is -0.137. The zero-order valence-electron chi connectivity index (χ0n) is 6.76. The van der Waals surface area contributed by atoms with Crippen LogP contribution in [0.25, 0.3) is 0 Å². The number of hydrogen-bond donors (Lipinski definition) is 2. The molecule has 0 spiro atoms. The van der Waals surface area contributed by atoms with E-state index < -0.39 is 0 Å². The highest BCUT2D eigenvalue weighted by molar-refractivity contribution is 5.73. The largest absolute Gasteiger partial charge is 0.370 e. The summed E-state index contributed by atoms with van der Waals surface area (Å²) in [5.74, 6) is 2.26. The van der Waals surface area contributed by atoms with Gasteiger partial charge < -0.3 is 11.1 Å². The average Bonchev–Trinajstić information content (AvgIpc) is 1.97. The highest BCUT2D eigenvalue weighted by Crippen LogP contribution is 1.85. The first-order valence-electron chi connectivity index (χ1n) is 3.64. The van der Waals surface area contributed by atoms with E-state index in [-0.39, 0.29) is 11.9 Å². The van der Waals surface area contributed by atoms with Gasteiger partial charge >= 0.3 is 0 Å². The lowest BCUT2D eigenvalue weighted by atomic mass is 10.3. The number of nitrogens with one attached hydrogen (secondary N) is 1. The van der Waals surface area contributed by atoms with Gasteiger partial charge in [-0.25, -0.2) is 0 Å². The van der Waals surface area contributed by atoms with Crippen LogP contribution in [0, 0.1) is 12.3 Å². The quantitative estimate of drug-likeness (QED) is 0.428. The Bertz CT molecular complexity index is 160. The number of nitrogens with two attached hydrogens (primary N) is 1. The molecule has 3 N–H and O–H groups in total. The van der Waals surface area contributed by atoms with E-state index in [9.17, 15) is 4.79 Å². The van der Waals surface area contributed by atoms with E-state index in [1.807, 2.05) is 6.92 Å². The van der Waals surface area contributed by atoms with Crippen LogP contribution >= 0.6 is 0 Å². The van der Waals surface area contributed by atoms with Crippen LogP contribution in [0.5, 0.6) is 0 Å². The summed E-state index contributed by atoms with van der Waals surface area (Å²) in [5.41, 5.74) is 4.93. The van der Waals surface area contributed by atoms with Gasteiger partial charge in [-0.1, -0.05) is 5.92 Å². The summed E-state index contributed by atoms with van der Waals surface area (Å²) in [6, 6.07) is 0.0721. The van der Waals surface area contributed by atoms with Gasteiger partial charge in [0.15, 0.2) is 0 Å². The summed E-state index contributed by atoms with van der Waals surface area (Å²) in [4.78, 5) is 10.3. The molecule has 0 fully saturated rings. The van der Waals surface area contributed by atoms with Gasteiger partial charge in [0.1, 0.15) is 0 Å². The normalized spacial score (nSPS) is 12.0. The van der Waals surface area contributed by atoms with Gasteiger partial charge in [0, 0.05) is 6.42 Å². The summed E-state index contributed by atoms with van der Waals surface area (Å²) in [5, 5.41) is 3.04. The first-order valence-corrected chi connectivity index (χ1v) is 3.64. The molecule has 3 heteroatoms. The van der Waals surface area contributed by atoms with E-state index in [1.165, 1.54) is 0 Å². The van der Waals surface area contributed by atoms with E-state index in [2.05, 4.69) is 11.2 Å². The molecule has 0 aromatic heterocycles. The molecule has 1 atom stereocenters. The van der Waals surface area contributed by atoms with E-state index in [0.717, 1.165) is 13.0 Å². The standard InChI is InChI=1S/C8H14N2O/c1-3-7(2)10-6-4-5-8(9)11/h1,7,10H,4-6H2,2H3,(H2,9,11). The summed E-state index contributed by atoms with van der Waals surface area (Å²) >= 11 is 0. The van der Waals surface area contributed by atoms with Crippen LogP contribution in [0.15, 0.2) is 0 Å². The van der Waals surface area contributed by atoms with E-state index in [4.69, 9.17) is 12.2 Å². The number of carbonyl (C=O) groups excluding carboxylic acids is 1. The molecule has 3 nitrogen and oxygen atoms in total. The highest BCUT2D eigenvalue weighted by atomic mass is 16.1. The van der Waals surface area contributed by atoms with E-state index >= 15 is 0 Å². The van der Waals surface area contributed by atoms with Crippen molar-refractivity contribution < 1.29 is 4.79 Å². The molecule has 1 unspecified atom stereocenters. The van der Waals surface area contributed by atoms with Crippen molar-refractivity contribution in [1.29, 1.82) is 0 Å². The molecule has 11 heavy (non-hydrogen) atoms. The van der Waals surface area contributed by atoms with Crippen molar-refractivity contribution in [3.63, 3.8) is 0 Å². The minimum atomic E-state index is -0.264. The van der Waals surface area contributed by atoms with Gasteiger partial charge in [-0.15, -0.1) is 6.42 Å². The Balaban J connectivity index is 3.16.